The highest BCUT2D eigenvalue weighted by molar-refractivity contribution is 5.78. The van der Waals surface area contributed by atoms with E-state index in [2.05, 4.69) is 0 Å². The van der Waals surface area contributed by atoms with Gasteiger partial charge in [0.05, 0.1) is 12.5 Å². The van der Waals surface area contributed by atoms with Crippen molar-refractivity contribution in [2.24, 2.45) is 5.92 Å². The maximum atomic E-state index is 12.3. The SMILES string of the molecule is CCOc1ccccc1CCC(=O)N1CCC[C@H](C(=O)O)C1. The van der Waals surface area contributed by atoms with Gasteiger partial charge >= 0.3 is 5.97 Å². The molecule has 0 aromatic heterocycles. The lowest BCUT2D eigenvalue weighted by molar-refractivity contribution is -0.145. The van der Waals surface area contributed by atoms with Gasteiger partial charge in [-0.15, -0.1) is 0 Å². The van der Waals surface area contributed by atoms with Gasteiger partial charge in [-0.05, 0) is 37.8 Å². The molecule has 0 saturated carbocycles. The molecule has 0 aliphatic carbocycles. The molecule has 120 valence electrons. The van der Waals surface area contributed by atoms with Crippen LogP contribution in [0.3, 0.4) is 0 Å². The molecule has 1 heterocycles. The minimum Gasteiger partial charge on any atom is -0.494 e. The molecule has 1 aliphatic rings. The number of piperidine rings is 1. The van der Waals surface area contributed by atoms with Gasteiger partial charge in [0.25, 0.3) is 0 Å². The van der Waals surface area contributed by atoms with E-state index in [-0.39, 0.29) is 5.91 Å². The lowest BCUT2D eigenvalue weighted by Gasteiger charge is -2.30. The van der Waals surface area contributed by atoms with Crippen molar-refractivity contribution in [3.63, 3.8) is 0 Å². The average molecular weight is 305 g/mol. The Labute approximate surface area is 130 Å². The van der Waals surface area contributed by atoms with E-state index < -0.39 is 11.9 Å². The van der Waals surface area contributed by atoms with Crippen LogP contribution in [0, 0.1) is 5.92 Å². The van der Waals surface area contributed by atoms with Crippen molar-refractivity contribution >= 4 is 11.9 Å². The zero-order valence-electron chi connectivity index (χ0n) is 13.0. The summed E-state index contributed by atoms with van der Waals surface area (Å²) in [5.41, 5.74) is 1.02. The first-order valence-electron chi connectivity index (χ1n) is 7.83. The molecule has 1 aromatic carbocycles. The van der Waals surface area contributed by atoms with Crippen molar-refractivity contribution in [3.8, 4) is 5.75 Å². The largest absolute Gasteiger partial charge is 0.494 e. The van der Waals surface area contributed by atoms with E-state index in [9.17, 15) is 9.59 Å². The highest BCUT2D eigenvalue weighted by Crippen LogP contribution is 2.21. The van der Waals surface area contributed by atoms with Gasteiger partial charge in [0.1, 0.15) is 5.75 Å². The number of likely N-dealkylation sites (tertiary alicyclic amines) is 1. The van der Waals surface area contributed by atoms with Gasteiger partial charge in [0, 0.05) is 19.5 Å². The molecule has 0 unspecified atom stereocenters. The molecule has 1 saturated heterocycles. The van der Waals surface area contributed by atoms with Crippen LogP contribution in [0.1, 0.15) is 31.7 Å². The molecular weight excluding hydrogens is 282 g/mol. The molecule has 1 aliphatic heterocycles. The lowest BCUT2D eigenvalue weighted by atomic mass is 9.97. The predicted molar refractivity (Wildman–Crippen MR) is 82.9 cm³/mol. The van der Waals surface area contributed by atoms with Crippen molar-refractivity contribution < 1.29 is 19.4 Å². The van der Waals surface area contributed by atoms with E-state index in [0.717, 1.165) is 17.7 Å². The van der Waals surface area contributed by atoms with Crippen molar-refractivity contribution in [3.05, 3.63) is 29.8 Å². The summed E-state index contributed by atoms with van der Waals surface area (Å²) in [4.78, 5) is 25.1. The molecular formula is C17H23NO4. The summed E-state index contributed by atoms with van der Waals surface area (Å²) in [6.45, 7) is 3.52. The number of carboxylic acid groups (broad SMARTS) is 1. The number of amides is 1. The number of aryl methyl sites for hydroxylation is 1. The summed E-state index contributed by atoms with van der Waals surface area (Å²) in [6, 6.07) is 7.72. The quantitative estimate of drug-likeness (QED) is 0.876. The van der Waals surface area contributed by atoms with E-state index in [1.807, 2.05) is 31.2 Å². The van der Waals surface area contributed by atoms with Gasteiger partial charge < -0.3 is 14.7 Å². The number of carbonyl (C=O) groups excluding carboxylic acids is 1. The molecule has 1 fully saturated rings. The zero-order valence-corrected chi connectivity index (χ0v) is 13.0. The second-order valence-electron chi connectivity index (χ2n) is 5.56. The van der Waals surface area contributed by atoms with Gasteiger partial charge in [0.15, 0.2) is 0 Å². The number of hydrogen-bond donors (Lipinski definition) is 1. The van der Waals surface area contributed by atoms with Gasteiger partial charge in [-0.1, -0.05) is 18.2 Å². The van der Waals surface area contributed by atoms with Crippen LogP contribution in [0.15, 0.2) is 24.3 Å². The third-order valence-corrected chi connectivity index (χ3v) is 4.00. The number of hydrogen-bond acceptors (Lipinski definition) is 3. The molecule has 5 nitrogen and oxygen atoms in total. The van der Waals surface area contributed by atoms with Crippen LogP contribution in [0.2, 0.25) is 0 Å². The molecule has 1 atom stereocenters. The molecule has 0 radical (unpaired) electrons. The Balaban J connectivity index is 1.91. The summed E-state index contributed by atoms with van der Waals surface area (Å²) in [5.74, 6) is -0.385. The molecule has 1 aromatic rings. The van der Waals surface area contributed by atoms with Crippen LogP contribution in [0.5, 0.6) is 5.75 Å². The Bertz CT molecular complexity index is 529. The fourth-order valence-electron chi connectivity index (χ4n) is 2.81. The Morgan fingerprint density at radius 2 is 2.14 bits per heavy atom. The monoisotopic (exact) mass is 305 g/mol. The van der Waals surface area contributed by atoms with E-state index in [1.165, 1.54) is 0 Å². The van der Waals surface area contributed by atoms with Crippen molar-refractivity contribution in [2.45, 2.75) is 32.6 Å². The van der Waals surface area contributed by atoms with E-state index >= 15 is 0 Å². The maximum Gasteiger partial charge on any atom is 0.308 e. The Hall–Kier alpha value is -2.04. The van der Waals surface area contributed by atoms with Gasteiger partial charge in [0.2, 0.25) is 5.91 Å². The van der Waals surface area contributed by atoms with Crippen LogP contribution >= 0.6 is 0 Å². The number of nitrogens with zero attached hydrogens (tertiary/aromatic N) is 1. The average Bonchev–Trinajstić information content (AvgIpc) is 2.54. The number of benzene rings is 1. The van der Waals surface area contributed by atoms with Crippen LogP contribution in [0.4, 0.5) is 0 Å². The van der Waals surface area contributed by atoms with Gasteiger partial charge in [-0.3, -0.25) is 9.59 Å². The van der Waals surface area contributed by atoms with Crippen LogP contribution in [-0.2, 0) is 16.0 Å². The fraction of sp³-hybridized carbons (Fsp3) is 0.529. The number of carboxylic acids is 1. The zero-order chi connectivity index (χ0) is 15.9. The minimum absolute atomic E-state index is 0.0252. The topological polar surface area (TPSA) is 66.8 Å². The predicted octanol–water partition coefficient (Wildman–Crippen LogP) is 2.34. The standard InChI is InChI=1S/C17H23NO4/c1-2-22-15-8-4-3-6-13(15)9-10-16(19)18-11-5-7-14(12-18)17(20)21/h3-4,6,8,14H,2,5,7,9-12H2,1H3,(H,20,21)/t14-/m0/s1. The molecule has 1 amide bonds. The number of aliphatic carboxylic acids is 1. The Kier molecular flexibility index (Phi) is 5.81. The first-order valence-corrected chi connectivity index (χ1v) is 7.83. The lowest BCUT2D eigenvalue weighted by Crippen LogP contribution is -2.42. The molecule has 0 bridgehead atoms. The smallest absolute Gasteiger partial charge is 0.308 e. The minimum atomic E-state index is -0.806. The number of carbonyl (C=O) groups is 2. The second kappa shape index (κ2) is 7.82. The summed E-state index contributed by atoms with van der Waals surface area (Å²) in [7, 11) is 0. The van der Waals surface area contributed by atoms with E-state index in [1.54, 1.807) is 4.90 Å². The molecule has 1 N–H and O–H groups in total. The fourth-order valence-corrected chi connectivity index (χ4v) is 2.81. The summed E-state index contributed by atoms with van der Waals surface area (Å²) < 4.78 is 5.56. The summed E-state index contributed by atoms with van der Waals surface area (Å²) >= 11 is 0. The molecule has 22 heavy (non-hydrogen) atoms. The van der Waals surface area contributed by atoms with Crippen LogP contribution in [-0.4, -0.2) is 41.6 Å². The number of rotatable bonds is 6. The van der Waals surface area contributed by atoms with Gasteiger partial charge in [-0.25, -0.2) is 0 Å². The Morgan fingerprint density at radius 3 is 2.86 bits per heavy atom. The van der Waals surface area contributed by atoms with Crippen molar-refractivity contribution in [1.29, 1.82) is 0 Å². The Morgan fingerprint density at radius 1 is 1.36 bits per heavy atom. The van der Waals surface area contributed by atoms with Crippen molar-refractivity contribution in [2.75, 3.05) is 19.7 Å². The summed E-state index contributed by atoms with van der Waals surface area (Å²) in [6.07, 6.45) is 2.42. The van der Waals surface area contributed by atoms with E-state index in [0.29, 0.717) is 39.0 Å². The van der Waals surface area contributed by atoms with Crippen LogP contribution in [0.25, 0.3) is 0 Å². The molecule has 2 rings (SSSR count). The summed E-state index contributed by atoms with van der Waals surface area (Å²) in [5, 5.41) is 9.09. The highest BCUT2D eigenvalue weighted by atomic mass is 16.5. The van der Waals surface area contributed by atoms with Crippen molar-refractivity contribution in [1.82, 2.24) is 4.90 Å². The number of ether oxygens (including phenoxy) is 1. The third-order valence-electron chi connectivity index (χ3n) is 4.00. The van der Waals surface area contributed by atoms with Crippen LogP contribution < -0.4 is 4.74 Å². The van der Waals surface area contributed by atoms with E-state index in [4.69, 9.17) is 9.84 Å². The molecule has 5 heteroatoms. The maximum absolute atomic E-state index is 12.3. The first-order chi connectivity index (χ1) is 10.6. The molecule has 0 spiro atoms. The highest BCUT2D eigenvalue weighted by Gasteiger charge is 2.27. The number of para-hydroxylation sites is 1. The third kappa shape index (κ3) is 4.23. The van der Waals surface area contributed by atoms with Gasteiger partial charge in [-0.2, -0.15) is 0 Å². The second-order valence-corrected chi connectivity index (χ2v) is 5.56. The normalized spacial score (nSPS) is 18.0. The first kappa shape index (κ1) is 16.3.